The summed E-state index contributed by atoms with van der Waals surface area (Å²) in [6, 6.07) is 13.6. The van der Waals surface area contributed by atoms with E-state index in [1.807, 2.05) is 32.9 Å². The molecular weight excluding hydrogens is 532 g/mol. The fourth-order valence-electron chi connectivity index (χ4n) is 4.86. The number of pyridine rings is 1. The van der Waals surface area contributed by atoms with Crippen LogP contribution in [0.5, 0.6) is 5.75 Å². The van der Waals surface area contributed by atoms with E-state index in [9.17, 15) is 13.2 Å². The molecule has 40 heavy (non-hydrogen) atoms. The number of aryl methyl sites for hydroxylation is 1. The van der Waals surface area contributed by atoms with Gasteiger partial charge in [-0.3, -0.25) is 9.69 Å². The molecule has 0 spiro atoms. The standard InChI is InChI=1S/C28H32N6O5S/c1-18-21(29)17-34(31-18)24-7-5-6-22-20(24)9-10-23(30-22)27(35)32-40(36,37)26-16-19(8-11-25(26)38-4)28(2,3)33-12-14-39-15-13-33/h5-11,16-17H,12-15,29H2,1-4H3,(H,32,35). The molecule has 12 heteroatoms. The molecule has 2 aromatic carbocycles. The van der Waals surface area contributed by atoms with Gasteiger partial charge >= 0.3 is 0 Å². The third-order valence-corrected chi connectivity index (χ3v) is 8.67. The largest absolute Gasteiger partial charge is 0.495 e. The van der Waals surface area contributed by atoms with Crippen LogP contribution in [0.15, 0.2) is 59.6 Å². The summed E-state index contributed by atoms with van der Waals surface area (Å²) >= 11 is 0. The van der Waals surface area contributed by atoms with Gasteiger partial charge in [0.1, 0.15) is 16.3 Å². The van der Waals surface area contributed by atoms with E-state index in [2.05, 4.69) is 19.7 Å². The van der Waals surface area contributed by atoms with Crippen molar-refractivity contribution in [3.8, 4) is 11.4 Å². The summed E-state index contributed by atoms with van der Waals surface area (Å²) in [6.07, 6.45) is 1.71. The molecule has 5 rings (SSSR count). The molecule has 2 aromatic heterocycles. The van der Waals surface area contributed by atoms with Gasteiger partial charge in [-0.15, -0.1) is 0 Å². The lowest BCUT2D eigenvalue weighted by molar-refractivity contribution is -0.0118. The Morgan fingerprint density at radius 2 is 1.88 bits per heavy atom. The Morgan fingerprint density at radius 3 is 2.55 bits per heavy atom. The lowest BCUT2D eigenvalue weighted by atomic mass is 9.91. The summed E-state index contributed by atoms with van der Waals surface area (Å²) < 4.78 is 41.6. The number of nitrogens with one attached hydrogen (secondary N) is 1. The molecule has 0 unspecified atom stereocenters. The second-order valence-corrected chi connectivity index (χ2v) is 11.8. The number of hydrogen-bond donors (Lipinski definition) is 2. The maximum atomic E-state index is 13.5. The van der Waals surface area contributed by atoms with Crippen molar-refractivity contribution in [1.29, 1.82) is 0 Å². The van der Waals surface area contributed by atoms with Crippen molar-refractivity contribution >= 4 is 32.5 Å². The Labute approximate surface area is 232 Å². The minimum Gasteiger partial charge on any atom is -0.495 e. The molecule has 1 aliphatic heterocycles. The predicted molar refractivity (Wildman–Crippen MR) is 151 cm³/mol. The first kappa shape index (κ1) is 27.6. The van der Waals surface area contributed by atoms with E-state index >= 15 is 0 Å². The number of morpholine rings is 1. The molecular formula is C28H32N6O5S. The van der Waals surface area contributed by atoms with Gasteiger partial charge in [-0.2, -0.15) is 5.10 Å². The topological polar surface area (TPSA) is 142 Å². The number of hydrogen-bond acceptors (Lipinski definition) is 9. The zero-order valence-electron chi connectivity index (χ0n) is 22.8. The van der Waals surface area contributed by atoms with E-state index in [1.165, 1.54) is 13.2 Å². The maximum Gasteiger partial charge on any atom is 0.283 e. The van der Waals surface area contributed by atoms with Gasteiger partial charge in [0.25, 0.3) is 15.9 Å². The number of anilines is 1. The first-order chi connectivity index (χ1) is 19.0. The first-order valence-electron chi connectivity index (χ1n) is 12.8. The van der Waals surface area contributed by atoms with E-state index in [1.54, 1.807) is 41.2 Å². The van der Waals surface area contributed by atoms with Gasteiger partial charge in [0.2, 0.25) is 0 Å². The highest BCUT2D eigenvalue weighted by molar-refractivity contribution is 7.90. The monoisotopic (exact) mass is 564 g/mol. The summed E-state index contributed by atoms with van der Waals surface area (Å²) in [5, 5.41) is 5.15. The van der Waals surface area contributed by atoms with E-state index in [-0.39, 0.29) is 16.3 Å². The van der Waals surface area contributed by atoms with E-state index in [0.29, 0.717) is 30.1 Å². The molecule has 1 aliphatic rings. The number of nitrogen functional groups attached to an aromatic ring is 1. The Bertz CT molecular complexity index is 1670. The van der Waals surface area contributed by atoms with Crippen LogP contribution < -0.4 is 15.2 Å². The minimum absolute atomic E-state index is 0.0480. The van der Waals surface area contributed by atoms with E-state index < -0.39 is 21.5 Å². The van der Waals surface area contributed by atoms with Crippen LogP contribution in [0, 0.1) is 6.92 Å². The van der Waals surface area contributed by atoms with Crippen molar-refractivity contribution in [2.24, 2.45) is 0 Å². The molecule has 0 aliphatic carbocycles. The molecule has 0 saturated carbocycles. The summed E-state index contributed by atoms with van der Waals surface area (Å²) in [6.45, 7) is 8.53. The van der Waals surface area contributed by atoms with Gasteiger partial charge in [0.05, 0.1) is 49.1 Å². The highest BCUT2D eigenvalue weighted by atomic mass is 32.2. The number of aromatic nitrogens is 3. The highest BCUT2D eigenvalue weighted by Crippen LogP contribution is 2.34. The fourth-order valence-corrected chi connectivity index (χ4v) is 6.02. The fraction of sp³-hybridized carbons (Fsp3) is 0.321. The van der Waals surface area contributed by atoms with Crippen LogP contribution in [-0.4, -0.2) is 67.4 Å². The van der Waals surface area contributed by atoms with Crippen LogP contribution in [0.4, 0.5) is 5.69 Å². The molecule has 3 N–H and O–H groups in total. The molecule has 0 radical (unpaired) electrons. The number of amides is 1. The molecule has 1 saturated heterocycles. The first-order valence-corrected chi connectivity index (χ1v) is 14.3. The number of carbonyl (C=O) groups is 1. The quantitative estimate of drug-likeness (QED) is 0.346. The van der Waals surface area contributed by atoms with E-state index in [4.69, 9.17) is 15.2 Å². The van der Waals surface area contributed by atoms with Crippen molar-refractivity contribution in [3.63, 3.8) is 0 Å². The second kappa shape index (κ2) is 10.5. The Balaban J connectivity index is 1.45. The zero-order valence-corrected chi connectivity index (χ0v) is 23.7. The number of rotatable bonds is 7. The molecule has 3 heterocycles. The van der Waals surface area contributed by atoms with Gasteiger partial charge in [-0.25, -0.2) is 22.8 Å². The van der Waals surface area contributed by atoms with Crippen molar-refractivity contribution in [1.82, 2.24) is 24.4 Å². The Morgan fingerprint density at radius 1 is 1.12 bits per heavy atom. The number of benzene rings is 2. The summed E-state index contributed by atoms with van der Waals surface area (Å²) in [5.41, 5.74) is 8.69. The van der Waals surface area contributed by atoms with Crippen LogP contribution in [0.1, 0.15) is 35.6 Å². The zero-order chi connectivity index (χ0) is 28.7. The van der Waals surface area contributed by atoms with Crippen LogP contribution in [0.25, 0.3) is 16.6 Å². The Kier molecular flexibility index (Phi) is 7.25. The number of sulfonamides is 1. The number of fused-ring (bicyclic) bond motifs is 1. The highest BCUT2D eigenvalue weighted by Gasteiger charge is 2.33. The number of nitrogens with zero attached hydrogens (tertiary/aromatic N) is 4. The van der Waals surface area contributed by atoms with Gasteiger partial charge in [-0.05, 0) is 62.7 Å². The number of carbonyl (C=O) groups excluding carboxylic acids is 1. The molecule has 0 bridgehead atoms. The SMILES string of the molecule is COc1ccc(C(C)(C)N2CCOCC2)cc1S(=O)(=O)NC(=O)c1ccc2c(-n3cc(N)c(C)n3)cccc2n1. The van der Waals surface area contributed by atoms with E-state index in [0.717, 1.165) is 29.7 Å². The van der Waals surface area contributed by atoms with Crippen molar-refractivity contribution in [2.45, 2.75) is 31.2 Å². The second-order valence-electron chi connectivity index (χ2n) is 10.1. The van der Waals surface area contributed by atoms with Crippen LogP contribution in [0.3, 0.4) is 0 Å². The van der Waals surface area contributed by atoms with Crippen molar-refractivity contribution in [2.75, 3.05) is 39.1 Å². The molecule has 11 nitrogen and oxygen atoms in total. The van der Waals surface area contributed by atoms with Crippen molar-refractivity contribution < 1.29 is 22.7 Å². The lowest BCUT2D eigenvalue weighted by Gasteiger charge is -2.41. The number of methoxy groups -OCH3 is 1. The van der Waals surface area contributed by atoms with Crippen LogP contribution in [0.2, 0.25) is 0 Å². The van der Waals surface area contributed by atoms with Gasteiger partial charge in [0, 0.05) is 24.0 Å². The molecule has 1 amide bonds. The van der Waals surface area contributed by atoms with Crippen LogP contribution >= 0.6 is 0 Å². The normalized spacial score (nSPS) is 14.8. The van der Waals surface area contributed by atoms with Gasteiger partial charge in [-0.1, -0.05) is 12.1 Å². The maximum absolute atomic E-state index is 13.5. The third-order valence-electron chi connectivity index (χ3n) is 7.31. The summed E-state index contributed by atoms with van der Waals surface area (Å²) in [7, 11) is -2.92. The van der Waals surface area contributed by atoms with Gasteiger partial charge < -0.3 is 15.2 Å². The average Bonchev–Trinajstić information content (AvgIpc) is 3.29. The minimum atomic E-state index is -4.31. The molecule has 0 atom stereocenters. The van der Waals surface area contributed by atoms with Gasteiger partial charge in [0.15, 0.2) is 0 Å². The van der Waals surface area contributed by atoms with Crippen molar-refractivity contribution in [3.05, 3.63) is 71.7 Å². The third kappa shape index (κ3) is 5.12. The Hall–Kier alpha value is -4.00. The lowest BCUT2D eigenvalue weighted by Crippen LogP contribution is -2.48. The molecule has 4 aromatic rings. The smallest absolute Gasteiger partial charge is 0.283 e. The predicted octanol–water partition coefficient (Wildman–Crippen LogP) is 3.01. The average molecular weight is 565 g/mol. The molecule has 1 fully saturated rings. The number of ether oxygens (including phenoxy) is 2. The van der Waals surface area contributed by atoms with Crippen LogP contribution in [-0.2, 0) is 20.3 Å². The summed E-state index contributed by atoms with van der Waals surface area (Å²) in [4.78, 5) is 19.7. The summed E-state index contributed by atoms with van der Waals surface area (Å²) in [5.74, 6) is -0.724. The molecule has 210 valence electrons. The number of nitrogens with two attached hydrogens (primary N) is 1.